The zero-order chi connectivity index (χ0) is 13.2. The molecule has 0 aromatic heterocycles. The molecule has 2 heteroatoms. The van der Waals surface area contributed by atoms with Crippen LogP contribution in [0.15, 0.2) is 0 Å². The Bertz CT molecular complexity index is 260. The van der Waals surface area contributed by atoms with Crippen LogP contribution in [0, 0.1) is 17.8 Å². The Morgan fingerprint density at radius 2 is 1.89 bits per heavy atom. The fraction of sp³-hybridized carbons (Fsp3) is 1.00. The Hall–Kier alpha value is -0.0800. The highest BCUT2D eigenvalue weighted by Gasteiger charge is 2.37. The van der Waals surface area contributed by atoms with E-state index in [1.165, 1.54) is 51.6 Å². The van der Waals surface area contributed by atoms with Crippen molar-refractivity contribution in [2.45, 2.75) is 64.8 Å². The summed E-state index contributed by atoms with van der Waals surface area (Å²) in [6, 6.07) is 0. The lowest BCUT2D eigenvalue weighted by Gasteiger charge is -2.40. The Morgan fingerprint density at radius 3 is 2.44 bits per heavy atom. The molecule has 2 unspecified atom stereocenters. The van der Waals surface area contributed by atoms with Crippen molar-refractivity contribution < 1.29 is 0 Å². The van der Waals surface area contributed by atoms with Gasteiger partial charge in [0.1, 0.15) is 0 Å². The minimum absolute atomic E-state index is 0.271. The van der Waals surface area contributed by atoms with Gasteiger partial charge in [-0.2, -0.15) is 0 Å². The first-order valence-electron chi connectivity index (χ1n) is 8.00. The topological polar surface area (TPSA) is 29.3 Å². The van der Waals surface area contributed by atoms with Crippen molar-refractivity contribution >= 4 is 0 Å². The Balaban J connectivity index is 1.94. The molecule has 0 spiro atoms. The van der Waals surface area contributed by atoms with Gasteiger partial charge in [0.25, 0.3) is 0 Å². The van der Waals surface area contributed by atoms with Crippen molar-refractivity contribution in [1.82, 2.24) is 4.90 Å². The maximum absolute atomic E-state index is 6.12. The van der Waals surface area contributed by atoms with E-state index in [4.69, 9.17) is 5.73 Å². The molecule has 2 N–H and O–H groups in total. The minimum Gasteiger partial charge on any atom is -0.329 e. The average molecular weight is 252 g/mol. The van der Waals surface area contributed by atoms with E-state index in [1.807, 2.05) is 0 Å². The number of likely N-dealkylation sites (tertiary alicyclic amines) is 1. The van der Waals surface area contributed by atoms with Crippen LogP contribution in [0.1, 0.15) is 59.3 Å². The molecule has 1 aliphatic carbocycles. The number of nitrogens with two attached hydrogens (primary N) is 1. The van der Waals surface area contributed by atoms with Gasteiger partial charge in [-0.1, -0.05) is 26.7 Å². The van der Waals surface area contributed by atoms with E-state index in [9.17, 15) is 0 Å². The zero-order valence-electron chi connectivity index (χ0n) is 12.6. The van der Waals surface area contributed by atoms with Crippen molar-refractivity contribution in [2.24, 2.45) is 23.5 Å². The quantitative estimate of drug-likeness (QED) is 0.814. The molecule has 1 saturated carbocycles. The molecule has 0 amide bonds. The van der Waals surface area contributed by atoms with Gasteiger partial charge in [0.15, 0.2) is 0 Å². The standard InChI is InChI=1S/C16H32N2/c1-13(2)15-5-4-9-18(10-8-15)16(3,12-17)11-14-6-7-14/h13-15H,4-12,17H2,1-3H3. The number of hydrogen-bond donors (Lipinski definition) is 1. The van der Waals surface area contributed by atoms with Crippen LogP contribution in [-0.2, 0) is 0 Å². The monoisotopic (exact) mass is 252 g/mol. The van der Waals surface area contributed by atoms with E-state index in [1.54, 1.807) is 0 Å². The number of rotatable bonds is 5. The van der Waals surface area contributed by atoms with E-state index in [2.05, 4.69) is 25.7 Å². The molecule has 0 aromatic rings. The number of nitrogens with zero attached hydrogens (tertiary/aromatic N) is 1. The van der Waals surface area contributed by atoms with E-state index in [0.717, 1.165) is 24.3 Å². The summed E-state index contributed by atoms with van der Waals surface area (Å²) in [6.45, 7) is 10.5. The smallest absolute Gasteiger partial charge is 0.0306 e. The van der Waals surface area contributed by atoms with Crippen LogP contribution in [0.2, 0.25) is 0 Å². The van der Waals surface area contributed by atoms with Crippen LogP contribution in [0.4, 0.5) is 0 Å². The molecule has 2 atom stereocenters. The average Bonchev–Trinajstić information content (AvgIpc) is 3.13. The summed E-state index contributed by atoms with van der Waals surface area (Å²) in [4.78, 5) is 2.72. The summed E-state index contributed by atoms with van der Waals surface area (Å²) in [5.41, 5.74) is 6.39. The van der Waals surface area contributed by atoms with Crippen LogP contribution in [0.25, 0.3) is 0 Å². The van der Waals surface area contributed by atoms with Gasteiger partial charge >= 0.3 is 0 Å². The van der Waals surface area contributed by atoms with Gasteiger partial charge in [-0.25, -0.2) is 0 Å². The molecule has 1 heterocycles. The second-order valence-corrected chi connectivity index (χ2v) is 7.27. The maximum atomic E-state index is 6.12. The zero-order valence-corrected chi connectivity index (χ0v) is 12.6. The molecule has 2 nitrogen and oxygen atoms in total. The van der Waals surface area contributed by atoms with Gasteiger partial charge < -0.3 is 5.73 Å². The Labute approximate surface area is 113 Å². The van der Waals surface area contributed by atoms with Crippen molar-refractivity contribution in [3.05, 3.63) is 0 Å². The first-order valence-corrected chi connectivity index (χ1v) is 8.00. The first-order chi connectivity index (χ1) is 8.55. The molecule has 1 aliphatic heterocycles. The Morgan fingerprint density at radius 1 is 1.17 bits per heavy atom. The van der Waals surface area contributed by atoms with Crippen LogP contribution >= 0.6 is 0 Å². The van der Waals surface area contributed by atoms with Gasteiger partial charge in [-0.05, 0) is 63.5 Å². The molecule has 106 valence electrons. The van der Waals surface area contributed by atoms with Crippen molar-refractivity contribution in [3.8, 4) is 0 Å². The third-order valence-electron chi connectivity index (χ3n) is 5.34. The number of hydrogen-bond acceptors (Lipinski definition) is 2. The molecule has 0 radical (unpaired) electrons. The van der Waals surface area contributed by atoms with Crippen molar-refractivity contribution in [2.75, 3.05) is 19.6 Å². The van der Waals surface area contributed by atoms with E-state index in [0.29, 0.717) is 0 Å². The van der Waals surface area contributed by atoms with Gasteiger partial charge in [-0.15, -0.1) is 0 Å². The molecule has 1 saturated heterocycles. The molecule has 0 aromatic carbocycles. The third-order valence-corrected chi connectivity index (χ3v) is 5.34. The highest BCUT2D eigenvalue weighted by Crippen LogP contribution is 2.39. The van der Waals surface area contributed by atoms with Crippen LogP contribution in [-0.4, -0.2) is 30.1 Å². The minimum atomic E-state index is 0.271. The highest BCUT2D eigenvalue weighted by molar-refractivity contribution is 4.94. The summed E-state index contributed by atoms with van der Waals surface area (Å²) in [5, 5.41) is 0. The van der Waals surface area contributed by atoms with Gasteiger partial charge in [0.2, 0.25) is 0 Å². The van der Waals surface area contributed by atoms with Crippen molar-refractivity contribution in [1.29, 1.82) is 0 Å². The molecule has 0 bridgehead atoms. The predicted molar refractivity (Wildman–Crippen MR) is 78.6 cm³/mol. The van der Waals surface area contributed by atoms with Crippen molar-refractivity contribution in [3.63, 3.8) is 0 Å². The highest BCUT2D eigenvalue weighted by atomic mass is 15.2. The SMILES string of the molecule is CC(C)C1CCCN(C(C)(CN)CC2CC2)CC1. The van der Waals surface area contributed by atoms with Gasteiger partial charge in [-0.3, -0.25) is 4.90 Å². The molecule has 2 aliphatic rings. The van der Waals surface area contributed by atoms with E-state index >= 15 is 0 Å². The van der Waals surface area contributed by atoms with Crippen LogP contribution in [0.5, 0.6) is 0 Å². The fourth-order valence-corrected chi connectivity index (χ4v) is 3.61. The second-order valence-electron chi connectivity index (χ2n) is 7.27. The lowest BCUT2D eigenvalue weighted by atomic mass is 9.89. The van der Waals surface area contributed by atoms with Crippen LogP contribution in [0.3, 0.4) is 0 Å². The van der Waals surface area contributed by atoms with E-state index in [-0.39, 0.29) is 5.54 Å². The second kappa shape index (κ2) is 5.92. The molecular formula is C16H32N2. The first kappa shape index (κ1) is 14.3. The van der Waals surface area contributed by atoms with Gasteiger partial charge in [0.05, 0.1) is 0 Å². The lowest BCUT2D eigenvalue weighted by molar-refractivity contribution is 0.0976. The normalized spacial score (nSPS) is 30.2. The molecule has 2 rings (SSSR count). The summed E-state index contributed by atoms with van der Waals surface area (Å²) < 4.78 is 0. The molecular weight excluding hydrogens is 220 g/mol. The summed E-state index contributed by atoms with van der Waals surface area (Å²) >= 11 is 0. The summed E-state index contributed by atoms with van der Waals surface area (Å²) in [6.07, 6.45) is 8.37. The van der Waals surface area contributed by atoms with Crippen LogP contribution < -0.4 is 5.73 Å². The molecule has 18 heavy (non-hydrogen) atoms. The van der Waals surface area contributed by atoms with E-state index < -0.39 is 0 Å². The largest absolute Gasteiger partial charge is 0.329 e. The summed E-state index contributed by atoms with van der Waals surface area (Å²) in [7, 11) is 0. The Kier molecular flexibility index (Phi) is 4.71. The molecule has 2 fully saturated rings. The fourth-order valence-electron chi connectivity index (χ4n) is 3.61. The summed E-state index contributed by atoms with van der Waals surface area (Å²) in [5.74, 6) is 2.75. The lowest BCUT2D eigenvalue weighted by Crippen LogP contribution is -2.52. The predicted octanol–water partition coefficient (Wildman–Crippen LogP) is 3.26. The van der Waals surface area contributed by atoms with Gasteiger partial charge in [0, 0.05) is 12.1 Å². The maximum Gasteiger partial charge on any atom is 0.0306 e. The third kappa shape index (κ3) is 3.48.